The Bertz CT molecular complexity index is 774. The highest BCUT2D eigenvalue weighted by Gasteiger charge is 2.30. The van der Waals surface area contributed by atoms with Crippen molar-refractivity contribution in [2.45, 2.75) is 26.2 Å². The van der Waals surface area contributed by atoms with Crippen LogP contribution in [0.25, 0.3) is 0 Å². The van der Waals surface area contributed by atoms with Crippen molar-refractivity contribution in [3.8, 4) is 17.4 Å². The number of anilines is 1. The number of fused-ring (bicyclic) bond motifs is 1. The van der Waals surface area contributed by atoms with E-state index in [-0.39, 0.29) is 17.8 Å². The molecule has 0 spiro atoms. The standard InChI is InChI=1S/C18H19N3O3/c1-11-8-13-9-14(4-5-15(13)23-10-11)24-16-6-7-19-18(20-16)21-17(22)12-2-3-12/h4-7,9,11-12H,2-3,8,10H2,1H3,(H,19,20,21,22). The van der Waals surface area contributed by atoms with E-state index in [0.29, 0.717) is 17.5 Å². The molecule has 0 radical (unpaired) electrons. The number of rotatable bonds is 4. The van der Waals surface area contributed by atoms with Crippen LogP contribution in [0.2, 0.25) is 0 Å². The Hall–Kier alpha value is -2.63. The molecular weight excluding hydrogens is 306 g/mol. The SMILES string of the molecule is CC1COc2ccc(Oc3ccnc(NC(=O)C4CC4)n3)cc2C1. The van der Waals surface area contributed by atoms with Gasteiger partial charge in [-0.05, 0) is 48.9 Å². The average Bonchev–Trinajstić information content (AvgIpc) is 3.40. The van der Waals surface area contributed by atoms with Crippen LogP contribution < -0.4 is 14.8 Å². The lowest BCUT2D eigenvalue weighted by Crippen LogP contribution is -2.17. The number of aromatic nitrogens is 2. The Morgan fingerprint density at radius 1 is 1.33 bits per heavy atom. The molecule has 24 heavy (non-hydrogen) atoms. The lowest BCUT2D eigenvalue weighted by molar-refractivity contribution is -0.117. The first kappa shape index (κ1) is 14.9. The highest BCUT2D eigenvalue weighted by atomic mass is 16.5. The molecule has 1 N–H and O–H groups in total. The van der Waals surface area contributed by atoms with Crippen LogP contribution in [0.5, 0.6) is 17.4 Å². The predicted molar refractivity (Wildman–Crippen MR) is 88.3 cm³/mol. The summed E-state index contributed by atoms with van der Waals surface area (Å²) in [7, 11) is 0. The molecule has 1 aromatic heterocycles. The van der Waals surface area contributed by atoms with Gasteiger partial charge >= 0.3 is 0 Å². The Labute approximate surface area is 140 Å². The van der Waals surface area contributed by atoms with Gasteiger partial charge in [-0.2, -0.15) is 4.98 Å². The molecule has 2 heterocycles. The van der Waals surface area contributed by atoms with Gasteiger partial charge < -0.3 is 9.47 Å². The second-order valence-corrected chi connectivity index (χ2v) is 6.47. The number of nitrogens with zero attached hydrogens (tertiary/aromatic N) is 2. The third-order valence-corrected chi connectivity index (χ3v) is 4.16. The summed E-state index contributed by atoms with van der Waals surface area (Å²) >= 11 is 0. The van der Waals surface area contributed by atoms with Crippen molar-refractivity contribution in [1.29, 1.82) is 0 Å². The van der Waals surface area contributed by atoms with Gasteiger partial charge in [0, 0.05) is 18.2 Å². The summed E-state index contributed by atoms with van der Waals surface area (Å²) in [5.74, 6) is 2.88. The zero-order chi connectivity index (χ0) is 16.5. The summed E-state index contributed by atoms with van der Waals surface area (Å²) < 4.78 is 11.5. The fourth-order valence-corrected chi connectivity index (χ4v) is 2.72. The minimum Gasteiger partial charge on any atom is -0.493 e. The van der Waals surface area contributed by atoms with Crippen LogP contribution >= 0.6 is 0 Å². The molecule has 6 heteroatoms. The third-order valence-electron chi connectivity index (χ3n) is 4.16. The van der Waals surface area contributed by atoms with Crippen molar-refractivity contribution in [2.75, 3.05) is 11.9 Å². The molecule has 4 rings (SSSR count). The normalized spacial score (nSPS) is 19.1. The highest BCUT2D eigenvalue weighted by molar-refractivity contribution is 5.92. The zero-order valence-electron chi connectivity index (χ0n) is 13.5. The van der Waals surface area contributed by atoms with E-state index < -0.39 is 0 Å². The quantitative estimate of drug-likeness (QED) is 0.934. The first-order valence-electron chi connectivity index (χ1n) is 8.25. The van der Waals surface area contributed by atoms with E-state index in [2.05, 4.69) is 22.2 Å². The molecule has 1 aromatic carbocycles. The average molecular weight is 325 g/mol. The maximum atomic E-state index is 11.8. The summed E-state index contributed by atoms with van der Waals surface area (Å²) in [4.78, 5) is 20.1. The number of nitrogens with one attached hydrogen (secondary N) is 1. The first-order valence-corrected chi connectivity index (χ1v) is 8.25. The van der Waals surface area contributed by atoms with Gasteiger partial charge in [-0.1, -0.05) is 6.92 Å². The molecule has 124 valence electrons. The van der Waals surface area contributed by atoms with Crippen LogP contribution in [0.1, 0.15) is 25.3 Å². The number of ether oxygens (including phenoxy) is 2. The molecule has 1 aliphatic heterocycles. The molecule has 0 bridgehead atoms. The summed E-state index contributed by atoms with van der Waals surface area (Å²) in [6.45, 7) is 2.92. The topological polar surface area (TPSA) is 73.3 Å². The van der Waals surface area contributed by atoms with Crippen LogP contribution in [-0.4, -0.2) is 22.5 Å². The molecular formula is C18H19N3O3. The summed E-state index contributed by atoms with van der Waals surface area (Å²) in [6, 6.07) is 7.44. The van der Waals surface area contributed by atoms with Gasteiger partial charge in [0.15, 0.2) is 0 Å². The van der Waals surface area contributed by atoms with Crippen LogP contribution in [0, 0.1) is 11.8 Å². The molecule has 6 nitrogen and oxygen atoms in total. The number of benzene rings is 1. The van der Waals surface area contributed by atoms with Gasteiger partial charge in [0.05, 0.1) is 6.61 Å². The fourth-order valence-electron chi connectivity index (χ4n) is 2.72. The molecule has 1 saturated carbocycles. The summed E-state index contributed by atoms with van der Waals surface area (Å²) in [5, 5.41) is 2.72. The second-order valence-electron chi connectivity index (χ2n) is 6.47. The molecule has 2 aromatic rings. The molecule has 1 aliphatic carbocycles. The van der Waals surface area contributed by atoms with E-state index in [4.69, 9.17) is 9.47 Å². The Kier molecular flexibility index (Phi) is 3.80. The third kappa shape index (κ3) is 3.32. The van der Waals surface area contributed by atoms with E-state index in [0.717, 1.165) is 37.2 Å². The Morgan fingerprint density at radius 2 is 2.21 bits per heavy atom. The lowest BCUT2D eigenvalue weighted by atomic mass is 9.98. The van der Waals surface area contributed by atoms with Gasteiger partial charge in [0.1, 0.15) is 11.5 Å². The largest absolute Gasteiger partial charge is 0.493 e. The molecule has 0 saturated heterocycles. The smallest absolute Gasteiger partial charge is 0.232 e. The van der Waals surface area contributed by atoms with Gasteiger partial charge in [-0.25, -0.2) is 4.98 Å². The van der Waals surface area contributed by atoms with Crippen molar-refractivity contribution in [1.82, 2.24) is 9.97 Å². The van der Waals surface area contributed by atoms with Gasteiger partial charge in [0.2, 0.25) is 17.7 Å². The van der Waals surface area contributed by atoms with Gasteiger partial charge in [0.25, 0.3) is 0 Å². The molecule has 1 fully saturated rings. The molecule has 1 unspecified atom stereocenters. The van der Waals surface area contributed by atoms with Gasteiger partial charge in [-0.15, -0.1) is 0 Å². The number of hydrogen-bond acceptors (Lipinski definition) is 5. The molecule has 2 aliphatic rings. The highest BCUT2D eigenvalue weighted by Crippen LogP contribution is 2.32. The minimum atomic E-state index is -0.0212. The van der Waals surface area contributed by atoms with E-state index in [1.165, 1.54) is 0 Å². The van der Waals surface area contributed by atoms with E-state index >= 15 is 0 Å². The summed E-state index contributed by atoms with van der Waals surface area (Å²) in [5.41, 5.74) is 1.14. The predicted octanol–water partition coefficient (Wildman–Crippen LogP) is 3.19. The number of carbonyl (C=O) groups is 1. The van der Waals surface area contributed by atoms with Crippen molar-refractivity contribution in [3.05, 3.63) is 36.0 Å². The second kappa shape index (κ2) is 6.11. The summed E-state index contributed by atoms with van der Waals surface area (Å²) in [6.07, 6.45) is 4.43. The van der Waals surface area contributed by atoms with E-state index in [1.807, 2.05) is 18.2 Å². The van der Waals surface area contributed by atoms with Gasteiger partial charge in [-0.3, -0.25) is 10.1 Å². The number of hydrogen-bond donors (Lipinski definition) is 1. The Balaban J connectivity index is 1.48. The van der Waals surface area contributed by atoms with Crippen LogP contribution in [0.3, 0.4) is 0 Å². The van der Waals surface area contributed by atoms with Crippen LogP contribution in [0.4, 0.5) is 5.95 Å². The van der Waals surface area contributed by atoms with Crippen molar-refractivity contribution < 1.29 is 14.3 Å². The van der Waals surface area contributed by atoms with Crippen LogP contribution in [0.15, 0.2) is 30.5 Å². The lowest BCUT2D eigenvalue weighted by Gasteiger charge is -2.22. The Morgan fingerprint density at radius 3 is 3.04 bits per heavy atom. The van der Waals surface area contributed by atoms with E-state index in [9.17, 15) is 4.79 Å². The fraction of sp³-hybridized carbons (Fsp3) is 0.389. The molecule has 1 atom stereocenters. The van der Waals surface area contributed by atoms with Crippen LogP contribution in [-0.2, 0) is 11.2 Å². The van der Waals surface area contributed by atoms with Crippen molar-refractivity contribution >= 4 is 11.9 Å². The van der Waals surface area contributed by atoms with E-state index in [1.54, 1.807) is 12.3 Å². The van der Waals surface area contributed by atoms with Crippen molar-refractivity contribution in [2.24, 2.45) is 11.8 Å². The number of amides is 1. The molecule has 1 amide bonds. The number of carbonyl (C=O) groups excluding carboxylic acids is 1. The maximum Gasteiger partial charge on any atom is 0.232 e. The first-order chi connectivity index (χ1) is 11.7. The maximum absolute atomic E-state index is 11.8. The van der Waals surface area contributed by atoms with Crippen molar-refractivity contribution in [3.63, 3.8) is 0 Å². The monoisotopic (exact) mass is 325 g/mol. The zero-order valence-corrected chi connectivity index (χ0v) is 13.5. The minimum absolute atomic E-state index is 0.0212.